The molecule has 0 bridgehead atoms. The number of hydrogen-bond donors (Lipinski definition) is 2. The minimum Gasteiger partial charge on any atom is -0.444 e. The number of carbonyl (C=O) groups excluding carboxylic acids is 1. The van der Waals surface area contributed by atoms with Crippen molar-refractivity contribution in [1.29, 1.82) is 0 Å². The maximum Gasteiger partial charge on any atom is 0.407 e. The number of ether oxygens (including phenoxy) is 1. The fraction of sp³-hybridized carbons (Fsp3) is 0.917. The maximum absolute atomic E-state index is 11.3. The first-order valence-corrected chi connectivity index (χ1v) is 6.17. The Morgan fingerprint density at radius 2 is 2.25 bits per heavy atom. The molecule has 1 rings (SSSR count). The van der Waals surface area contributed by atoms with E-state index in [0.29, 0.717) is 12.6 Å². The van der Waals surface area contributed by atoms with Gasteiger partial charge < -0.3 is 15.4 Å². The average Bonchev–Trinajstić information content (AvgIpc) is 2.62. The molecule has 1 aliphatic rings. The fourth-order valence-electron chi connectivity index (χ4n) is 1.86. The Hall–Kier alpha value is -0.770. The van der Waals surface area contributed by atoms with Crippen LogP contribution in [0.2, 0.25) is 0 Å². The Morgan fingerprint density at radius 3 is 2.81 bits per heavy atom. The summed E-state index contributed by atoms with van der Waals surface area (Å²) < 4.78 is 5.14. The molecule has 0 spiro atoms. The van der Waals surface area contributed by atoms with Gasteiger partial charge in [0.15, 0.2) is 0 Å². The zero-order valence-electron chi connectivity index (χ0n) is 10.6. The molecule has 0 aromatic heterocycles. The smallest absolute Gasteiger partial charge is 0.407 e. The lowest BCUT2D eigenvalue weighted by atomic mass is 10.1. The van der Waals surface area contributed by atoms with E-state index in [1.165, 1.54) is 12.8 Å². The molecular weight excluding hydrogens is 204 g/mol. The molecule has 1 atom stereocenters. The van der Waals surface area contributed by atoms with Crippen LogP contribution in [0.3, 0.4) is 0 Å². The topological polar surface area (TPSA) is 50.4 Å². The van der Waals surface area contributed by atoms with E-state index in [4.69, 9.17) is 4.74 Å². The van der Waals surface area contributed by atoms with E-state index in [1.807, 2.05) is 20.8 Å². The Morgan fingerprint density at radius 1 is 1.50 bits per heavy atom. The molecule has 0 aromatic rings. The number of alkyl carbamates (subject to hydrolysis) is 1. The lowest BCUT2D eigenvalue weighted by molar-refractivity contribution is 0.0526. The molecule has 0 aromatic carbocycles. The van der Waals surface area contributed by atoms with Gasteiger partial charge in [-0.1, -0.05) is 0 Å². The number of hydrogen-bond acceptors (Lipinski definition) is 3. The van der Waals surface area contributed by atoms with Crippen LogP contribution in [0.4, 0.5) is 4.79 Å². The standard InChI is InChI=1S/C12H24N2O2/c1-12(2,3)16-11(15)14-9-5-7-10-6-4-8-13-10/h10,13H,4-9H2,1-3H3,(H,14,15). The molecule has 0 aliphatic carbocycles. The van der Waals surface area contributed by atoms with Crippen molar-refractivity contribution >= 4 is 6.09 Å². The summed E-state index contributed by atoms with van der Waals surface area (Å²) in [7, 11) is 0. The summed E-state index contributed by atoms with van der Waals surface area (Å²) in [5.74, 6) is 0. The number of carbonyl (C=O) groups is 1. The van der Waals surface area contributed by atoms with Crippen LogP contribution in [0.5, 0.6) is 0 Å². The van der Waals surface area contributed by atoms with Crippen LogP contribution in [-0.2, 0) is 4.74 Å². The SMILES string of the molecule is CC(C)(C)OC(=O)NCCCC1CCCN1. The second kappa shape index (κ2) is 6.09. The van der Waals surface area contributed by atoms with Gasteiger partial charge in [0, 0.05) is 12.6 Å². The van der Waals surface area contributed by atoms with Crippen molar-refractivity contribution in [3.05, 3.63) is 0 Å². The van der Waals surface area contributed by atoms with Crippen molar-refractivity contribution in [2.45, 2.75) is 58.1 Å². The molecule has 0 saturated carbocycles. The van der Waals surface area contributed by atoms with Crippen molar-refractivity contribution in [3.63, 3.8) is 0 Å². The predicted octanol–water partition coefficient (Wildman–Crippen LogP) is 2.04. The van der Waals surface area contributed by atoms with Gasteiger partial charge in [-0.05, 0) is 53.0 Å². The van der Waals surface area contributed by atoms with Gasteiger partial charge in [-0.15, -0.1) is 0 Å². The zero-order valence-corrected chi connectivity index (χ0v) is 10.6. The molecule has 4 heteroatoms. The van der Waals surface area contributed by atoms with Crippen molar-refractivity contribution in [1.82, 2.24) is 10.6 Å². The van der Waals surface area contributed by atoms with Gasteiger partial charge in [0.2, 0.25) is 0 Å². The van der Waals surface area contributed by atoms with Crippen LogP contribution in [0.25, 0.3) is 0 Å². The molecule has 16 heavy (non-hydrogen) atoms. The Balaban J connectivity index is 2.00. The van der Waals surface area contributed by atoms with E-state index in [0.717, 1.165) is 19.4 Å². The quantitative estimate of drug-likeness (QED) is 0.724. The number of amides is 1. The molecular formula is C12H24N2O2. The van der Waals surface area contributed by atoms with Gasteiger partial charge in [-0.25, -0.2) is 4.79 Å². The lowest BCUT2D eigenvalue weighted by Gasteiger charge is -2.19. The average molecular weight is 228 g/mol. The van der Waals surface area contributed by atoms with Crippen LogP contribution < -0.4 is 10.6 Å². The monoisotopic (exact) mass is 228 g/mol. The Bertz CT molecular complexity index is 218. The summed E-state index contributed by atoms with van der Waals surface area (Å²) in [6.07, 6.45) is 4.38. The molecule has 1 saturated heterocycles. The minimum atomic E-state index is -0.406. The molecule has 0 radical (unpaired) electrons. The van der Waals surface area contributed by atoms with Crippen molar-refractivity contribution in [2.75, 3.05) is 13.1 Å². The highest BCUT2D eigenvalue weighted by molar-refractivity contribution is 5.67. The van der Waals surface area contributed by atoms with Gasteiger partial charge in [-0.3, -0.25) is 0 Å². The Kier molecular flexibility index (Phi) is 5.06. The molecule has 1 amide bonds. The van der Waals surface area contributed by atoms with Crippen LogP contribution in [-0.4, -0.2) is 30.8 Å². The molecule has 1 fully saturated rings. The van der Waals surface area contributed by atoms with Crippen LogP contribution in [0.1, 0.15) is 46.5 Å². The third-order valence-electron chi connectivity index (χ3n) is 2.56. The Labute approximate surface area is 98.1 Å². The predicted molar refractivity (Wildman–Crippen MR) is 64.5 cm³/mol. The molecule has 2 N–H and O–H groups in total. The summed E-state index contributed by atoms with van der Waals surface area (Å²) in [4.78, 5) is 11.3. The van der Waals surface area contributed by atoms with Gasteiger partial charge >= 0.3 is 6.09 Å². The first-order chi connectivity index (χ1) is 7.47. The number of rotatable bonds is 4. The van der Waals surface area contributed by atoms with E-state index < -0.39 is 5.60 Å². The summed E-state index contributed by atoms with van der Waals surface area (Å²) in [6.45, 7) is 7.45. The van der Waals surface area contributed by atoms with E-state index in [-0.39, 0.29) is 6.09 Å². The third kappa shape index (κ3) is 5.95. The van der Waals surface area contributed by atoms with E-state index in [2.05, 4.69) is 10.6 Å². The molecule has 1 unspecified atom stereocenters. The van der Waals surface area contributed by atoms with E-state index >= 15 is 0 Å². The van der Waals surface area contributed by atoms with Crippen molar-refractivity contribution in [3.8, 4) is 0 Å². The molecule has 94 valence electrons. The van der Waals surface area contributed by atoms with Gasteiger partial charge in [0.05, 0.1) is 0 Å². The molecule has 1 heterocycles. The van der Waals surface area contributed by atoms with Crippen molar-refractivity contribution in [2.24, 2.45) is 0 Å². The largest absolute Gasteiger partial charge is 0.444 e. The summed E-state index contributed by atoms with van der Waals surface area (Å²) in [6, 6.07) is 0.653. The minimum absolute atomic E-state index is 0.313. The maximum atomic E-state index is 11.3. The first-order valence-electron chi connectivity index (χ1n) is 6.17. The second-order valence-corrected chi connectivity index (χ2v) is 5.36. The lowest BCUT2D eigenvalue weighted by Crippen LogP contribution is -2.33. The molecule has 4 nitrogen and oxygen atoms in total. The normalized spacial score (nSPS) is 20.8. The fourth-order valence-corrected chi connectivity index (χ4v) is 1.86. The molecule has 1 aliphatic heterocycles. The van der Waals surface area contributed by atoms with Gasteiger partial charge in [0.1, 0.15) is 5.60 Å². The van der Waals surface area contributed by atoms with Crippen LogP contribution in [0.15, 0.2) is 0 Å². The van der Waals surface area contributed by atoms with Crippen molar-refractivity contribution < 1.29 is 9.53 Å². The summed E-state index contributed by atoms with van der Waals surface area (Å²) >= 11 is 0. The zero-order chi connectivity index (χ0) is 12.0. The highest BCUT2D eigenvalue weighted by atomic mass is 16.6. The summed E-state index contributed by atoms with van der Waals surface area (Å²) in [5, 5.41) is 6.21. The third-order valence-corrected chi connectivity index (χ3v) is 2.56. The highest BCUT2D eigenvalue weighted by Gasteiger charge is 2.16. The first kappa shape index (κ1) is 13.3. The van der Waals surface area contributed by atoms with Crippen LogP contribution >= 0.6 is 0 Å². The summed E-state index contributed by atoms with van der Waals surface area (Å²) in [5.41, 5.74) is -0.406. The van der Waals surface area contributed by atoms with E-state index in [9.17, 15) is 4.79 Å². The van der Waals surface area contributed by atoms with Gasteiger partial charge in [0.25, 0.3) is 0 Å². The van der Waals surface area contributed by atoms with Crippen LogP contribution in [0, 0.1) is 0 Å². The highest BCUT2D eigenvalue weighted by Crippen LogP contribution is 2.10. The van der Waals surface area contributed by atoms with Gasteiger partial charge in [-0.2, -0.15) is 0 Å². The second-order valence-electron chi connectivity index (χ2n) is 5.36. The van der Waals surface area contributed by atoms with E-state index in [1.54, 1.807) is 0 Å². The number of nitrogens with one attached hydrogen (secondary N) is 2.